The third-order valence-corrected chi connectivity index (χ3v) is 7.35. The lowest BCUT2D eigenvalue weighted by molar-refractivity contribution is 0.0698. The third kappa shape index (κ3) is 7.05. The number of benzene rings is 2. The summed E-state index contributed by atoms with van der Waals surface area (Å²) in [6, 6.07) is 21.5. The van der Waals surface area contributed by atoms with Gasteiger partial charge in [0.05, 0.1) is 11.3 Å². The quantitative estimate of drug-likeness (QED) is 0.370. The Morgan fingerprint density at radius 1 is 0.973 bits per heavy atom. The second-order valence-electron chi connectivity index (χ2n) is 9.98. The Bertz CT molecular complexity index is 1220. The van der Waals surface area contributed by atoms with Crippen molar-refractivity contribution in [3.05, 3.63) is 99.3 Å². The molecule has 0 radical (unpaired) electrons. The Balaban J connectivity index is 1.52. The molecule has 0 N–H and O–H groups in total. The van der Waals surface area contributed by atoms with Crippen LogP contribution in [0.2, 0.25) is 0 Å². The van der Waals surface area contributed by atoms with E-state index >= 15 is 0 Å². The lowest BCUT2D eigenvalue weighted by Crippen LogP contribution is -2.39. The number of piperidine rings is 1. The zero-order valence-electron chi connectivity index (χ0n) is 21.9. The van der Waals surface area contributed by atoms with E-state index in [1.165, 1.54) is 0 Å². The number of rotatable bonds is 8. The summed E-state index contributed by atoms with van der Waals surface area (Å²) in [6.45, 7) is 5.23. The molecule has 1 aliphatic heterocycles. The van der Waals surface area contributed by atoms with E-state index in [2.05, 4.69) is 33.0 Å². The van der Waals surface area contributed by atoms with Gasteiger partial charge in [-0.2, -0.15) is 0 Å². The van der Waals surface area contributed by atoms with Crippen LogP contribution < -0.4 is 0 Å². The molecule has 37 heavy (non-hydrogen) atoms. The van der Waals surface area contributed by atoms with Crippen LogP contribution in [-0.4, -0.2) is 71.8 Å². The highest BCUT2D eigenvalue weighted by Crippen LogP contribution is 2.31. The molecule has 0 unspecified atom stereocenters. The maximum absolute atomic E-state index is 13.9. The molecule has 1 aliphatic rings. The van der Waals surface area contributed by atoms with Gasteiger partial charge in [0.2, 0.25) is 0 Å². The van der Waals surface area contributed by atoms with Crippen LogP contribution in [-0.2, 0) is 6.54 Å². The van der Waals surface area contributed by atoms with Gasteiger partial charge in [-0.3, -0.25) is 14.6 Å². The van der Waals surface area contributed by atoms with E-state index in [9.17, 15) is 9.59 Å². The molecule has 0 spiro atoms. The molecule has 4 rings (SSSR count). The van der Waals surface area contributed by atoms with Gasteiger partial charge < -0.3 is 14.7 Å². The van der Waals surface area contributed by atoms with Gasteiger partial charge >= 0.3 is 0 Å². The Kier molecular flexibility index (Phi) is 9.11. The van der Waals surface area contributed by atoms with Crippen molar-refractivity contribution in [2.45, 2.75) is 32.2 Å². The van der Waals surface area contributed by atoms with Gasteiger partial charge in [0, 0.05) is 54.4 Å². The molecule has 0 aliphatic carbocycles. The summed E-state index contributed by atoms with van der Waals surface area (Å²) < 4.78 is 0.898. The van der Waals surface area contributed by atoms with Crippen LogP contribution in [0.4, 0.5) is 0 Å². The van der Waals surface area contributed by atoms with Crippen molar-refractivity contribution in [3.8, 4) is 0 Å². The number of likely N-dealkylation sites (N-methyl/N-ethyl adjacent to an activating group) is 1. The molecule has 1 aromatic heterocycles. The number of pyridine rings is 1. The molecule has 6 nitrogen and oxygen atoms in total. The highest BCUT2D eigenvalue weighted by Gasteiger charge is 2.30. The van der Waals surface area contributed by atoms with E-state index in [1.54, 1.807) is 0 Å². The molecule has 2 aromatic carbocycles. The molecule has 0 bridgehead atoms. The fourth-order valence-electron chi connectivity index (χ4n) is 4.78. The predicted octanol–water partition coefficient (Wildman–Crippen LogP) is 5.38. The lowest BCUT2D eigenvalue weighted by Gasteiger charge is -2.33. The number of carbonyl (C=O) groups is 2. The molecular formula is C30H35BrN4O2. The van der Waals surface area contributed by atoms with Crippen LogP contribution in [0, 0.1) is 6.92 Å². The molecule has 2 amide bonds. The maximum atomic E-state index is 13.9. The highest BCUT2D eigenvalue weighted by molar-refractivity contribution is 9.10. The zero-order chi connectivity index (χ0) is 26.4. The predicted molar refractivity (Wildman–Crippen MR) is 151 cm³/mol. The summed E-state index contributed by atoms with van der Waals surface area (Å²) in [5.41, 5.74) is 4.24. The van der Waals surface area contributed by atoms with Gasteiger partial charge in [-0.15, -0.1) is 0 Å². The summed E-state index contributed by atoms with van der Waals surface area (Å²) in [5, 5.41) is 0. The van der Waals surface area contributed by atoms with Crippen molar-refractivity contribution in [1.82, 2.24) is 19.7 Å². The van der Waals surface area contributed by atoms with Crippen LogP contribution in [0.1, 0.15) is 56.4 Å². The SMILES string of the molecule is Cc1ccc(C(=O)N(CCN(C)C)Cc2ccccc2)c(C2CCN(C(=O)c3cccc(Br)c3)CC2)n1. The fourth-order valence-corrected chi connectivity index (χ4v) is 5.18. The number of aryl methyl sites for hydroxylation is 1. The molecule has 0 atom stereocenters. The normalized spacial score (nSPS) is 14.1. The number of aromatic nitrogens is 1. The van der Waals surface area contributed by atoms with Gasteiger partial charge in [-0.25, -0.2) is 0 Å². The van der Waals surface area contributed by atoms with Crippen molar-refractivity contribution in [1.29, 1.82) is 0 Å². The van der Waals surface area contributed by atoms with E-state index < -0.39 is 0 Å². The molecule has 7 heteroatoms. The van der Waals surface area contributed by atoms with Crippen LogP contribution in [0.3, 0.4) is 0 Å². The number of nitrogens with zero attached hydrogens (tertiary/aromatic N) is 4. The summed E-state index contributed by atoms with van der Waals surface area (Å²) in [5.74, 6) is 0.199. The third-order valence-electron chi connectivity index (χ3n) is 6.86. The molecule has 194 valence electrons. The summed E-state index contributed by atoms with van der Waals surface area (Å²) >= 11 is 3.46. The van der Waals surface area contributed by atoms with Gasteiger partial charge in [0.25, 0.3) is 11.8 Å². The number of hydrogen-bond acceptors (Lipinski definition) is 4. The Morgan fingerprint density at radius 2 is 1.70 bits per heavy atom. The van der Waals surface area contributed by atoms with Crippen LogP contribution in [0.25, 0.3) is 0 Å². The van der Waals surface area contributed by atoms with Crippen molar-refractivity contribution in [2.75, 3.05) is 40.3 Å². The number of likely N-dealkylation sites (tertiary alicyclic amines) is 1. The molecule has 0 saturated carbocycles. The van der Waals surface area contributed by atoms with Crippen molar-refractivity contribution < 1.29 is 9.59 Å². The molecule has 2 heterocycles. The highest BCUT2D eigenvalue weighted by atomic mass is 79.9. The minimum atomic E-state index is 0.0147. The maximum Gasteiger partial charge on any atom is 0.256 e. The molecule has 3 aromatic rings. The zero-order valence-corrected chi connectivity index (χ0v) is 23.4. The Hall–Kier alpha value is -3.03. The minimum Gasteiger partial charge on any atom is -0.339 e. The molecule has 1 saturated heterocycles. The van der Waals surface area contributed by atoms with Gasteiger partial charge in [-0.1, -0.05) is 52.3 Å². The van der Waals surface area contributed by atoms with Gasteiger partial charge in [-0.05, 0) is 69.8 Å². The molecular weight excluding hydrogens is 528 g/mol. The second kappa shape index (κ2) is 12.5. The van der Waals surface area contributed by atoms with E-state index in [0.29, 0.717) is 37.3 Å². The average molecular weight is 564 g/mol. The number of hydrogen-bond donors (Lipinski definition) is 0. The van der Waals surface area contributed by atoms with E-state index in [0.717, 1.165) is 40.8 Å². The van der Waals surface area contributed by atoms with Gasteiger partial charge in [0.15, 0.2) is 0 Å². The van der Waals surface area contributed by atoms with Gasteiger partial charge in [0.1, 0.15) is 0 Å². The smallest absolute Gasteiger partial charge is 0.256 e. The van der Waals surface area contributed by atoms with Crippen LogP contribution >= 0.6 is 15.9 Å². The Labute approximate surface area is 228 Å². The minimum absolute atomic E-state index is 0.0147. The summed E-state index contributed by atoms with van der Waals surface area (Å²) in [6.07, 6.45) is 1.57. The molecule has 1 fully saturated rings. The van der Waals surface area contributed by atoms with Crippen LogP contribution in [0.5, 0.6) is 0 Å². The first-order valence-corrected chi connectivity index (χ1v) is 13.6. The first-order valence-electron chi connectivity index (χ1n) is 12.8. The summed E-state index contributed by atoms with van der Waals surface area (Å²) in [7, 11) is 4.04. The second-order valence-corrected chi connectivity index (χ2v) is 10.9. The number of carbonyl (C=O) groups excluding carboxylic acids is 2. The number of halogens is 1. The Morgan fingerprint density at radius 3 is 2.38 bits per heavy atom. The largest absolute Gasteiger partial charge is 0.339 e. The van der Waals surface area contributed by atoms with Crippen LogP contribution in [0.15, 0.2) is 71.2 Å². The van der Waals surface area contributed by atoms with Crippen molar-refractivity contribution >= 4 is 27.7 Å². The monoisotopic (exact) mass is 562 g/mol. The van der Waals surface area contributed by atoms with E-state index in [4.69, 9.17) is 4.98 Å². The first kappa shape index (κ1) is 27.0. The van der Waals surface area contributed by atoms with E-state index in [-0.39, 0.29) is 17.7 Å². The van der Waals surface area contributed by atoms with Crippen molar-refractivity contribution in [2.24, 2.45) is 0 Å². The standard InChI is InChI=1S/C30H35BrN4O2/c1-22-12-13-27(30(37)35(19-18-33(2)3)21-23-8-5-4-6-9-23)28(32-22)24-14-16-34(17-15-24)29(36)25-10-7-11-26(31)20-25/h4-13,20,24H,14-19,21H2,1-3H3. The summed E-state index contributed by atoms with van der Waals surface area (Å²) in [4.78, 5) is 37.8. The number of amides is 2. The van der Waals surface area contributed by atoms with Crippen molar-refractivity contribution in [3.63, 3.8) is 0 Å². The average Bonchev–Trinajstić information content (AvgIpc) is 2.91. The lowest BCUT2D eigenvalue weighted by atomic mass is 9.89. The first-order chi connectivity index (χ1) is 17.8. The fraction of sp³-hybridized carbons (Fsp3) is 0.367. The topological polar surface area (TPSA) is 56.8 Å². The van der Waals surface area contributed by atoms with E-state index in [1.807, 2.05) is 85.4 Å².